The second-order valence-corrected chi connectivity index (χ2v) is 6.51. The molecule has 2 N–H and O–H groups in total. The van der Waals surface area contributed by atoms with Gasteiger partial charge in [-0.15, -0.1) is 0 Å². The third-order valence-corrected chi connectivity index (χ3v) is 3.76. The first kappa shape index (κ1) is 13.9. The molecule has 0 bridgehead atoms. The zero-order chi connectivity index (χ0) is 14.0. The van der Waals surface area contributed by atoms with E-state index >= 15 is 0 Å². The lowest BCUT2D eigenvalue weighted by molar-refractivity contribution is -0.140. The smallest absolute Gasteiger partial charge is 0.227 e. The van der Waals surface area contributed by atoms with Gasteiger partial charge in [-0.25, -0.2) is 0 Å². The number of amides is 1. The number of hydrogen-bond donors (Lipinski definition) is 1. The topological polar surface area (TPSA) is 46.3 Å². The Morgan fingerprint density at radius 3 is 2.47 bits per heavy atom. The van der Waals surface area contributed by atoms with E-state index < -0.39 is 0 Å². The maximum Gasteiger partial charge on any atom is 0.227 e. The van der Waals surface area contributed by atoms with Crippen molar-refractivity contribution in [3.8, 4) is 0 Å². The number of likely N-dealkylation sites (tertiary alicyclic amines) is 1. The number of anilines is 1. The summed E-state index contributed by atoms with van der Waals surface area (Å²) in [7, 11) is 0. The highest BCUT2D eigenvalue weighted by molar-refractivity contribution is 5.81. The van der Waals surface area contributed by atoms with Gasteiger partial charge in [0.25, 0.3) is 0 Å². The van der Waals surface area contributed by atoms with E-state index in [4.69, 9.17) is 5.73 Å². The molecule has 1 aromatic rings. The van der Waals surface area contributed by atoms with Crippen molar-refractivity contribution >= 4 is 11.6 Å². The quantitative estimate of drug-likeness (QED) is 0.789. The van der Waals surface area contributed by atoms with E-state index in [1.807, 2.05) is 37.8 Å². The highest BCUT2D eigenvalue weighted by Crippen LogP contribution is 2.29. The Morgan fingerprint density at radius 1 is 1.26 bits per heavy atom. The Hall–Kier alpha value is -1.51. The summed E-state index contributed by atoms with van der Waals surface area (Å²) >= 11 is 0. The molecule has 3 heteroatoms. The molecule has 104 valence electrons. The Labute approximate surface area is 115 Å². The molecule has 0 spiro atoms. The lowest BCUT2D eigenvalue weighted by atomic mass is 9.88. The molecule has 0 aromatic heterocycles. The number of nitrogens with two attached hydrogens (primary N) is 1. The average Bonchev–Trinajstić information content (AvgIpc) is 2.38. The Kier molecular flexibility index (Phi) is 3.83. The zero-order valence-electron chi connectivity index (χ0n) is 12.1. The van der Waals surface area contributed by atoms with Crippen LogP contribution in [-0.2, 0) is 4.79 Å². The number of piperidine rings is 1. The fourth-order valence-corrected chi connectivity index (χ4v) is 2.68. The van der Waals surface area contributed by atoms with Crippen LogP contribution in [0, 0.1) is 5.41 Å². The second-order valence-electron chi connectivity index (χ2n) is 6.51. The van der Waals surface area contributed by atoms with Crippen molar-refractivity contribution in [2.45, 2.75) is 39.5 Å². The third kappa shape index (κ3) is 3.28. The summed E-state index contributed by atoms with van der Waals surface area (Å²) in [6, 6.07) is 8.07. The molecule has 1 aliphatic heterocycles. The molecule has 0 saturated carbocycles. The first-order valence-electron chi connectivity index (χ1n) is 7.03. The molecule has 1 fully saturated rings. The standard InChI is InChI=1S/C16H24N2O/c1-16(2,3)15(19)18-10-4-5-13(11-18)12-6-8-14(17)9-7-12/h6-9,13H,4-5,10-11,17H2,1-3H3. The monoisotopic (exact) mass is 260 g/mol. The Balaban J connectivity index is 2.09. The third-order valence-electron chi connectivity index (χ3n) is 3.76. The predicted molar refractivity (Wildman–Crippen MR) is 78.9 cm³/mol. The minimum absolute atomic E-state index is 0.257. The van der Waals surface area contributed by atoms with E-state index in [0.29, 0.717) is 5.92 Å². The van der Waals surface area contributed by atoms with Gasteiger partial charge in [-0.05, 0) is 30.5 Å². The minimum atomic E-state index is -0.289. The van der Waals surface area contributed by atoms with E-state index in [-0.39, 0.29) is 11.3 Å². The number of rotatable bonds is 1. The van der Waals surface area contributed by atoms with Crippen molar-refractivity contribution in [3.05, 3.63) is 29.8 Å². The molecule has 1 aromatic carbocycles. The zero-order valence-corrected chi connectivity index (χ0v) is 12.1. The van der Waals surface area contributed by atoms with Crippen LogP contribution in [0.1, 0.15) is 45.1 Å². The number of carbonyl (C=O) groups excluding carboxylic acids is 1. The molecular formula is C16H24N2O. The van der Waals surface area contributed by atoms with Gasteiger partial charge < -0.3 is 10.6 Å². The summed E-state index contributed by atoms with van der Waals surface area (Å²) in [5.74, 6) is 0.702. The summed E-state index contributed by atoms with van der Waals surface area (Å²) in [4.78, 5) is 14.4. The van der Waals surface area contributed by atoms with Crippen molar-refractivity contribution < 1.29 is 4.79 Å². The van der Waals surface area contributed by atoms with Crippen LogP contribution in [0.25, 0.3) is 0 Å². The van der Waals surface area contributed by atoms with Gasteiger partial charge in [-0.2, -0.15) is 0 Å². The Morgan fingerprint density at radius 2 is 1.89 bits per heavy atom. The maximum atomic E-state index is 12.4. The van der Waals surface area contributed by atoms with Crippen LogP contribution in [0.2, 0.25) is 0 Å². The lowest BCUT2D eigenvalue weighted by Crippen LogP contribution is -2.44. The van der Waals surface area contributed by atoms with Crippen LogP contribution < -0.4 is 5.73 Å². The molecule has 1 saturated heterocycles. The lowest BCUT2D eigenvalue weighted by Gasteiger charge is -2.36. The molecule has 1 atom stereocenters. The van der Waals surface area contributed by atoms with E-state index in [2.05, 4.69) is 12.1 Å². The Bertz CT molecular complexity index is 445. The van der Waals surface area contributed by atoms with Crippen LogP contribution in [0.3, 0.4) is 0 Å². The molecule has 1 heterocycles. The highest BCUT2D eigenvalue weighted by atomic mass is 16.2. The van der Waals surface area contributed by atoms with Crippen LogP contribution in [0.15, 0.2) is 24.3 Å². The maximum absolute atomic E-state index is 12.4. The van der Waals surface area contributed by atoms with Gasteiger partial charge in [0.1, 0.15) is 0 Å². The molecule has 0 aliphatic carbocycles. The van der Waals surface area contributed by atoms with E-state index in [9.17, 15) is 4.79 Å². The first-order chi connectivity index (χ1) is 8.88. The summed E-state index contributed by atoms with van der Waals surface area (Å²) < 4.78 is 0. The highest BCUT2D eigenvalue weighted by Gasteiger charge is 2.31. The number of hydrogen-bond acceptors (Lipinski definition) is 2. The van der Waals surface area contributed by atoms with Gasteiger partial charge in [0.2, 0.25) is 5.91 Å². The van der Waals surface area contributed by atoms with Gasteiger partial charge in [-0.1, -0.05) is 32.9 Å². The van der Waals surface area contributed by atoms with E-state index in [1.54, 1.807) is 0 Å². The number of benzene rings is 1. The average molecular weight is 260 g/mol. The molecule has 2 rings (SSSR count). The van der Waals surface area contributed by atoms with Gasteiger partial charge in [-0.3, -0.25) is 4.79 Å². The number of carbonyl (C=O) groups is 1. The van der Waals surface area contributed by atoms with Gasteiger partial charge in [0.15, 0.2) is 0 Å². The van der Waals surface area contributed by atoms with Gasteiger partial charge in [0.05, 0.1) is 0 Å². The number of nitrogen functional groups attached to an aromatic ring is 1. The fourth-order valence-electron chi connectivity index (χ4n) is 2.68. The largest absolute Gasteiger partial charge is 0.399 e. The molecular weight excluding hydrogens is 236 g/mol. The molecule has 0 radical (unpaired) electrons. The SMILES string of the molecule is CC(C)(C)C(=O)N1CCCC(c2ccc(N)cc2)C1. The fraction of sp³-hybridized carbons (Fsp3) is 0.562. The van der Waals surface area contributed by atoms with Crippen LogP contribution in [-0.4, -0.2) is 23.9 Å². The molecule has 19 heavy (non-hydrogen) atoms. The van der Waals surface area contributed by atoms with Crippen molar-refractivity contribution in [1.82, 2.24) is 4.90 Å². The van der Waals surface area contributed by atoms with Gasteiger partial charge >= 0.3 is 0 Å². The number of nitrogens with zero attached hydrogens (tertiary/aromatic N) is 1. The summed E-state index contributed by atoms with van der Waals surface area (Å²) in [6.45, 7) is 7.69. The van der Waals surface area contributed by atoms with Crippen molar-refractivity contribution in [2.24, 2.45) is 5.41 Å². The second kappa shape index (κ2) is 5.24. The van der Waals surface area contributed by atoms with Crippen molar-refractivity contribution in [1.29, 1.82) is 0 Å². The molecule has 1 aliphatic rings. The summed E-state index contributed by atoms with van der Waals surface area (Å²) in [6.07, 6.45) is 2.23. The summed E-state index contributed by atoms with van der Waals surface area (Å²) in [5, 5.41) is 0. The molecule has 1 amide bonds. The molecule has 1 unspecified atom stereocenters. The van der Waals surface area contributed by atoms with Crippen LogP contribution in [0.5, 0.6) is 0 Å². The molecule has 3 nitrogen and oxygen atoms in total. The van der Waals surface area contributed by atoms with Crippen molar-refractivity contribution in [2.75, 3.05) is 18.8 Å². The van der Waals surface area contributed by atoms with E-state index in [1.165, 1.54) is 5.56 Å². The normalized spacial score (nSPS) is 20.4. The van der Waals surface area contributed by atoms with Crippen LogP contribution >= 0.6 is 0 Å². The minimum Gasteiger partial charge on any atom is -0.399 e. The first-order valence-corrected chi connectivity index (χ1v) is 7.03. The van der Waals surface area contributed by atoms with Gasteiger partial charge in [0, 0.05) is 30.1 Å². The predicted octanol–water partition coefficient (Wildman–Crippen LogP) is 3.02. The van der Waals surface area contributed by atoms with E-state index in [0.717, 1.165) is 31.6 Å². The summed E-state index contributed by atoms with van der Waals surface area (Å²) in [5.41, 5.74) is 7.52. The van der Waals surface area contributed by atoms with Crippen LogP contribution in [0.4, 0.5) is 5.69 Å². The van der Waals surface area contributed by atoms with Crippen molar-refractivity contribution in [3.63, 3.8) is 0 Å².